The third-order valence-electron chi connectivity index (χ3n) is 3.78. The molecule has 124 valence electrons. The standard InChI is InChI=1S/C19H20N2O2S/c1-14-7-8-15(2)18(11-14)20-19(24)21(12-16-5-3-9-22-16)13-17-6-4-10-23-17/h3-11H,12-13H2,1-2H3,(H,20,24). The quantitative estimate of drug-likeness (QED) is 0.670. The number of hydrogen-bond donors (Lipinski definition) is 1. The van der Waals surface area contributed by atoms with Crippen molar-refractivity contribution in [1.29, 1.82) is 0 Å². The van der Waals surface area contributed by atoms with Gasteiger partial charge in [0.25, 0.3) is 0 Å². The summed E-state index contributed by atoms with van der Waals surface area (Å²) in [5.41, 5.74) is 3.36. The van der Waals surface area contributed by atoms with E-state index in [2.05, 4.69) is 37.4 Å². The Morgan fingerprint density at radius 2 is 1.62 bits per heavy atom. The number of thiocarbonyl (C=S) groups is 1. The van der Waals surface area contributed by atoms with E-state index in [0.29, 0.717) is 18.2 Å². The van der Waals surface area contributed by atoms with Crippen LogP contribution in [0.4, 0.5) is 5.69 Å². The Kier molecular flexibility index (Phi) is 5.01. The van der Waals surface area contributed by atoms with Crippen LogP contribution in [-0.4, -0.2) is 10.0 Å². The molecule has 2 aromatic heterocycles. The minimum Gasteiger partial charge on any atom is -0.467 e. The molecule has 3 rings (SSSR count). The summed E-state index contributed by atoms with van der Waals surface area (Å²) >= 11 is 5.64. The van der Waals surface area contributed by atoms with E-state index in [1.807, 2.05) is 29.2 Å². The van der Waals surface area contributed by atoms with Crippen LogP contribution in [-0.2, 0) is 13.1 Å². The van der Waals surface area contributed by atoms with Crippen molar-refractivity contribution in [3.63, 3.8) is 0 Å². The maximum atomic E-state index is 5.64. The van der Waals surface area contributed by atoms with E-state index >= 15 is 0 Å². The Labute approximate surface area is 147 Å². The molecule has 5 heteroatoms. The summed E-state index contributed by atoms with van der Waals surface area (Å²) in [6, 6.07) is 13.9. The summed E-state index contributed by atoms with van der Waals surface area (Å²) in [5, 5.41) is 3.99. The highest BCUT2D eigenvalue weighted by Gasteiger charge is 2.15. The average molecular weight is 340 g/mol. The van der Waals surface area contributed by atoms with Crippen molar-refractivity contribution >= 4 is 23.0 Å². The molecule has 0 aliphatic rings. The Bertz CT molecular complexity index is 759. The van der Waals surface area contributed by atoms with E-state index in [4.69, 9.17) is 21.1 Å². The lowest BCUT2D eigenvalue weighted by Gasteiger charge is -2.25. The van der Waals surface area contributed by atoms with Crippen molar-refractivity contribution in [2.24, 2.45) is 0 Å². The van der Waals surface area contributed by atoms with Gasteiger partial charge in [0, 0.05) is 5.69 Å². The summed E-state index contributed by atoms with van der Waals surface area (Å²) in [5.74, 6) is 1.71. The highest BCUT2D eigenvalue weighted by molar-refractivity contribution is 7.80. The zero-order valence-electron chi connectivity index (χ0n) is 13.8. The average Bonchev–Trinajstić information content (AvgIpc) is 3.24. The van der Waals surface area contributed by atoms with E-state index in [0.717, 1.165) is 22.8 Å². The summed E-state index contributed by atoms with van der Waals surface area (Å²) in [4.78, 5) is 2.02. The van der Waals surface area contributed by atoms with Crippen LogP contribution in [0.3, 0.4) is 0 Å². The fourth-order valence-corrected chi connectivity index (χ4v) is 2.68. The molecule has 0 bridgehead atoms. The molecule has 3 aromatic rings. The van der Waals surface area contributed by atoms with Crippen LogP contribution in [0.1, 0.15) is 22.6 Å². The lowest BCUT2D eigenvalue weighted by molar-refractivity contribution is 0.329. The van der Waals surface area contributed by atoms with Crippen LogP contribution in [0.15, 0.2) is 63.8 Å². The number of benzene rings is 1. The lowest BCUT2D eigenvalue weighted by Crippen LogP contribution is -2.33. The second kappa shape index (κ2) is 7.36. The number of furan rings is 2. The van der Waals surface area contributed by atoms with Gasteiger partial charge in [-0.05, 0) is 67.5 Å². The van der Waals surface area contributed by atoms with Crippen molar-refractivity contribution in [1.82, 2.24) is 4.90 Å². The topological polar surface area (TPSA) is 41.5 Å². The predicted molar refractivity (Wildman–Crippen MR) is 98.8 cm³/mol. The number of nitrogens with one attached hydrogen (secondary N) is 1. The van der Waals surface area contributed by atoms with Crippen molar-refractivity contribution in [2.75, 3.05) is 5.32 Å². The zero-order chi connectivity index (χ0) is 16.9. The Morgan fingerprint density at radius 3 is 2.17 bits per heavy atom. The Balaban J connectivity index is 1.78. The van der Waals surface area contributed by atoms with E-state index < -0.39 is 0 Å². The van der Waals surface area contributed by atoms with Crippen LogP contribution in [0.2, 0.25) is 0 Å². The first-order valence-electron chi connectivity index (χ1n) is 7.80. The molecular weight excluding hydrogens is 320 g/mol. The molecular formula is C19H20N2O2S. The molecule has 24 heavy (non-hydrogen) atoms. The Morgan fingerprint density at radius 1 is 1.00 bits per heavy atom. The summed E-state index contributed by atoms with van der Waals surface area (Å²) < 4.78 is 10.9. The van der Waals surface area contributed by atoms with Gasteiger partial charge in [-0.2, -0.15) is 0 Å². The van der Waals surface area contributed by atoms with Gasteiger partial charge in [-0.15, -0.1) is 0 Å². The minimum atomic E-state index is 0.574. The van der Waals surface area contributed by atoms with Crippen LogP contribution in [0.5, 0.6) is 0 Å². The largest absolute Gasteiger partial charge is 0.467 e. The van der Waals surface area contributed by atoms with Gasteiger partial charge >= 0.3 is 0 Å². The molecule has 4 nitrogen and oxygen atoms in total. The van der Waals surface area contributed by atoms with Gasteiger partial charge < -0.3 is 19.1 Å². The molecule has 0 amide bonds. The van der Waals surface area contributed by atoms with E-state index in [9.17, 15) is 0 Å². The lowest BCUT2D eigenvalue weighted by atomic mass is 10.1. The third-order valence-corrected chi connectivity index (χ3v) is 4.14. The number of anilines is 1. The first kappa shape index (κ1) is 16.3. The molecule has 1 aromatic carbocycles. The molecule has 0 fully saturated rings. The third kappa shape index (κ3) is 4.06. The summed E-state index contributed by atoms with van der Waals surface area (Å²) in [6.45, 7) is 5.28. The van der Waals surface area contributed by atoms with Crippen molar-refractivity contribution in [2.45, 2.75) is 26.9 Å². The molecule has 0 atom stereocenters. The molecule has 0 saturated heterocycles. The van der Waals surface area contributed by atoms with Gasteiger partial charge in [0.2, 0.25) is 0 Å². The SMILES string of the molecule is Cc1ccc(C)c(NC(=S)N(Cc2ccco2)Cc2ccco2)c1. The second-order valence-corrected chi connectivity index (χ2v) is 6.15. The van der Waals surface area contributed by atoms with Crippen molar-refractivity contribution in [3.8, 4) is 0 Å². The first-order chi connectivity index (χ1) is 11.6. The maximum absolute atomic E-state index is 5.64. The van der Waals surface area contributed by atoms with Gasteiger partial charge in [0.15, 0.2) is 5.11 Å². The van der Waals surface area contributed by atoms with Gasteiger partial charge in [0.1, 0.15) is 11.5 Å². The molecule has 2 heterocycles. The monoisotopic (exact) mass is 340 g/mol. The van der Waals surface area contributed by atoms with Gasteiger partial charge in [-0.3, -0.25) is 0 Å². The molecule has 0 aliphatic heterocycles. The number of aryl methyl sites for hydroxylation is 2. The van der Waals surface area contributed by atoms with Crippen molar-refractivity contribution < 1.29 is 8.83 Å². The van der Waals surface area contributed by atoms with E-state index in [1.54, 1.807) is 12.5 Å². The summed E-state index contributed by atoms with van der Waals surface area (Å²) in [7, 11) is 0. The van der Waals surface area contributed by atoms with Crippen LogP contribution in [0, 0.1) is 13.8 Å². The fourth-order valence-electron chi connectivity index (χ4n) is 2.45. The molecule has 0 radical (unpaired) electrons. The number of hydrogen-bond acceptors (Lipinski definition) is 3. The van der Waals surface area contributed by atoms with Gasteiger partial charge in [0.05, 0.1) is 25.6 Å². The minimum absolute atomic E-state index is 0.574. The molecule has 1 N–H and O–H groups in total. The Hall–Kier alpha value is -2.53. The van der Waals surface area contributed by atoms with Gasteiger partial charge in [-0.25, -0.2) is 0 Å². The predicted octanol–water partition coefficient (Wildman–Crippen LogP) is 4.89. The second-order valence-electron chi connectivity index (χ2n) is 5.76. The van der Waals surface area contributed by atoms with Crippen LogP contribution < -0.4 is 5.32 Å². The number of nitrogens with zero attached hydrogens (tertiary/aromatic N) is 1. The van der Waals surface area contributed by atoms with Gasteiger partial charge in [-0.1, -0.05) is 12.1 Å². The van der Waals surface area contributed by atoms with E-state index in [-0.39, 0.29) is 0 Å². The molecule has 0 unspecified atom stereocenters. The number of rotatable bonds is 5. The molecule has 0 saturated carbocycles. The highest BCUT2D eigenvalue weighted by atomic mass is 32.1. The highest BCUT2D eigenvalue weighted by Crippen LogP contribution is 2.19. The molecule has 0 spiro atoms. The fraction of sp³-hybridized carbons (Fsp3) is 0.211. The summed E-state index contributed by atoms with van der Waals surface area (Å²) in [6.07, 6.45) is 3.34. The van der Waals surface area contributed by atoms with E-state index in [1.165, 1.54) is 5.56 Å². The maximum Gasteiger partial charge on any atom is 0.174 e. The van der Waals surface area contributed by atoms with Crippen LogP contribution >= 0.6 is 12.2 Å². The zero-order valence-corrected chi connectivity index (χ0v) is 14.6. The molecule has 0 aliphatic carbocycles. The normalized spacial score (nSPS) is 10.6. The van der Waals surface area contributed by atoms with Crippen molar-refractivity contribution in [3.05, 3.63) is 77.6 Å². The first-order valence-corrected chi connectivity index (χ1v) is 8.20. The van der Waals surface area contributed by atoms with Crippen LogP contribution in [0.25, 0.3) is 0 Å². The smallest absolute Gasteiger partial charge is 0.174 e.